The lowest BCUT2D eigenvalue weighted by molar-refractivity contribution is 0.0549. The van der Waals surface area contributed by atoms with Crippen LogP contribution in [-0.2, 0) is 15.9 Å². The summed E-state index contributed by atoms with van der Waals surface area (Å²) in [6.45, 7) is 2.99. The van der Waals surface area contributed by atoms with Crippen molar-refractivity contribution in [2.75, 3.05) is 20.3 Å². The highest BCUT2D eigenvalue weighted by atomic mass is 16.7. The predicted molar refractivity (Wildman–Crippen MR) is 92.0 cm³/mol. The first-order chi connectivity index (χ1) is 11.3. The number of ether oxygens (including phenoxy) is 3. The third kappa shape index (κ3) is 9.82. The molecule has 0 saturated heterocycles. The van der Waals surface area contributed by atoms with Gasteiger partial charge >= 0.3 is 6.16 Å². The van der Waals surface area contributed by atoms with E-state index in [9.17, 15) is 4.79 Å². The van der Waals surface area contributed by atoms with E-state index in [0.717, 1.165) is 24.2 Å². The van der Waals surface area contributed by atoms with Crippen molar-refractivity contribution in [3.63, 3.8) is 0 Å². The molecule has 4 nitrogen and oxygen atoms in total. The fraction of sp³-hybridized carbons (Fsp3) is 0.632. The molecule has 0 unspecified atom stereocenters. The molecule has 1 aromatic carbocycles. The molecule has 0 aliphatic carbocycles. The van der Waals surface area contributed by atoms with Crippen molar-refractivity contribution in [1.29, 1.82) is 0 Å². The van der Waals surface area contributed by atoms with Crippen molar-refractivity contribution in [3.8, 4) is 5.75 Å². The quantitative estimate of drug-likeness (QED) is 0.395. The summed E-state index contributed by atoms with van der Waals surface area (Å²) in [5.74, 6) is 0.809. The lowest BCUT2D eigenvalue weighted by Crippen LogP contribution is -2.10. The fourth-order valence-corrected chi connectivity index (χ4v) is 2.34. The Labute approximate surface area is 140 Å². The maximum Gasteiger partial charge on any atom is 0.508 e. The van der Waals surface area contributed by atoms with Crippen LogP contribution in [0.3, 0.4) is 0 Å². The first-order valence-corrected chi connectivity index (χ1v) is 8.68. The molecule has 1 rings (SSSR count). The molecule has 0 aliphatic heterocycles. The summed E-state index contributed by atoms with van der Waals surface area (Å²) in [6, 6.07) is 7.73. The first kappa shape index (κ1) is 19.3. The third-order valence-electron chi connectivity index (χ3n) is 3.71. The van der Waals surface area contributed by atoms with Gasteiger partial charge < -0.3 is 14.2 Å². The standard InChI is InChI=1S/C19H30O4/c1-3-4-5-6-7-8-9-14-22-19(20)23-15-13-17-11-10-12-18(16-17)21-2/h10-12,16H,3-9,13-15H2,1-2H3. The minimum Gasteiger partial charge on any atom is -0.497 e. The molecule has 0 saturated carbocycles. The number of unbranched alkanes of at least 4 members (excludes halogenated alkanes) is 6. The van der Waals surface area contributed by atoms with Crippen LogP contribution in [0.2, 0.25) is 0 Å². The number of carbonyl (C=O) groups excluding carboxylic acids is 1. The second-order valence-electron chi connectivity index (χ2n) is 5.67. The van der Waals surface area contributed by atoms with E-state index < -0.39 is 6.16 Å². The van der Waals surface area contributed by atoms with Crippen LogP contribution in [0.15, 0.2) is 24.3 Å². The van der Waals surface area contributed by atoms with Gasteiger partial charge in [0.2, 0.25) is 0 Å². The van der Waals surface area contributed by atoms with Gasteiger partial charge in [-0.25, -0.2) is 4.79 Å². The smallest absolute Gasteiger partial charge is 0.497 e. The lowest BCUT2D eigenvalue weighted by atomic mass is 10.1. The van der Waals surface area contributed by atoms with Gasteiger partial charge in [0.1, 0.15) is 5.75 Å². The molecule has 23 heavy (non-hydrogen) atoms. The molecule has 0 amide bonds. The summed E-state index contributed by atoms with van der Waals surface area (Å²) < 4.78 is 15.3. The highest BCUT2D eigenvalue weighted by Gasteiger charge is 2.04. The van der Waals surface area contributed by atoms with E-state index in [0.29, 0.717) is 19.6 Å². The van der Waals surface area contributed by atoms with E-state index in [2.05, 4.69) is 6.92 Å². The Morgan fingerprint density at radius 1 is 0.957 bits per heavy atom. The molecule has 0 atom stereocenters. The molecule has 0 N–H and O–H groups in total. The summed E-state index contributed by atoms with van der Waals surface area (Å²) in [5.41, 5.74) is 1.07. The van der Waals surface area contributed by atoms with E-state index in [1.54, 1.807) is 7.11 Å². The van der Waals surface area contributed by atoms with Crippen LogP contribution in [0.25, 0.3) is 0 Å². The molecule has 0 fully saturated rings. The Morgan fingerprint density at radius 3 is 2.39 bits per heavy atom. The van der Waals surface area contributed by atoms with Crippen molar-refractivity contribution in [2.24, 2.45) is 0 Å². The highest BCUT2D eigenvalue weighted by molar-refractivity contribution is 5.59. The SMILES string of the molecule is CCCCCCCCCOC(=O)OCCc1cccc(OC)c1. The zero-order chi connectivity index (χ0) is 16.8. The van der Waals surface area contributed by atoms with Crippen molar-refractivity contribution >= 4 is 6.16 Å². The van der Waals surface area contributed by atoms with Gasteiger partial charge in [-0.2, -0.15) is 0 Å². The highest BCUT2D eigenvalue weighted by Crippen LogP contribution is 2.13. The van der Waals surface area contributed by atoms with Crippen LogP contribution in [0.5, 0.6) is 5.75 Å². The summed E-state index contributed by atoms with van der Waals surface area (Å²) in [7, 11) is 1.64. The van der Waals surface area contributed by atoms with E-state index in [-0.39, 0.29) is 0 Å². The largest absolute Gasteiger partial charge is 0.508 e. The number of hydrogen-bond donors (Lipinski definition) is 0. The molecule has 0 spiro atoms. The Morgan fingerprint density at radius 2 is 1.65 bits per heavy atom. The van der Waals surface area contributed by atoms with Crippen LogP contribution in [0, 0.1) is 0 Å². The predicted octanol–water partition coefficient (Wildman–Crippen LogP) is 5.14. The van der Waals surface area contributed by atoms with Gasteiger partial charge in [-0.3, -0.25) is 0 Å². The van der Waals surface area contributed by atoms with Gasteiger partial charge in [0, 0.05) is 6.42 Å². The van der Waals surface area contributed by atoms with E-state index >= 15 is 0 Å². The molecule has 0 aromatic heterocycles. The molecule has 4 heteroatoms. The number of benzene rings is 1. The van der Waals surface area contributed by atoms with Crippen molar-refractivity contribution in [3.05, 3.63) is 29.8 Å². The van der Waals surface area contributed by atoms with Gasteiger partial charge in [-0.15, -0.1) is 0 Å². The van der Waals surface area contributed by atoms with Crippen molar-refractivity contribution in [1.82, 2.24) is 0 Å². The second-order valence-corrected chi connectivity index (χ2v) is 5.67. The molecular formula is C19H30O4. The van der Waals surface area contributed by atoms with Gasteiger partial charge in [0.15, 0.2) is 0 Å². The lowest BCUT2D eigenvalue weighted by Gasteiger charge is -2.07. The van der Waals surface area contributed by atoms with Crippen LogP contribution < -0.4 is 4.74 Å². The average molecular weight is 322 g/mol. The van der Waals surface area contributed by atoms with Gasteiger partial charge in [-0.05, 0) is 24.1 Å². The topological polar surface area (TPSA) is 44.8 Å². The van der Waals surface area contributed by atoms with Crippen LogP contribution in [-0.4, -0.2) is 26.5 Å². The van der Waals surface area contributed by atoms with E-state index in [1.165, 1.54) is 32.1 Å². The monoisotopic (exact) mass is 322 g/mol. The number of rotatable bonds is 12. The maximum absolute atomic E-state index is 11.5. The summed E-state index contributed by atoms with van der Waals surface area (Å²) in [4.78, 5) is 11.5. The molecule has 0 heterocycles. The van der Waals surface area contributed by atoms with Crippen LogP contribution in [0.4, 0.5) is 4.79 Å². The van der Waals surface area contributed by atoms with Crippen molar-refractivity contribution < 1.29 is 19.0 Å². The Bertz CT molecular complexity index is 431. The summed E-state index contributed by atoms with van der Waals surface area (Å²) in [6.07, 6.45) is 8.50. The molecular weight excluding hydrogens is 292 g/mol. The average Bonchev–Trinajstić information content (AvgIpc) is 2.57. The normalized spacial score (nSPS) is 10.3. The van der Waals surface area contributed by atoms with Crippen molar-refractivity contribution in [2.45, 2.75) is 58.3 Å². The van der Waals surface area contributed by atoms with Crippen LogP contribution in [0.1, 0.15) is 57.4 Å². The molecule has 0 bridgehead atoms. The van der Waals surface area contributed by atoms with Gasteiger partial charge in [0.25, 0.3) is 0 Å². The van der Waals surface area contributed by atoms with Crippen LogP contribution >= 0.6 is 0 Å². The number of methoxy groups -OCH3 is 1. The number of hydrogen-bond acceptors (Lipinski definition) is 4. The van der Waals surface area contributed by atoms with Gasteiger partial charge in [-0.1, -0.05) is 57.6 Å². The molecule has 1 aromatic rings. The minimum atomic E-state index is -0.570. The fourth-order valence-electron chi connectivity index (χ4n) is 2.34. The summed E-state index contributed by atoms with van der Waals surface area (Å²) >= 11 is 0. The zero-order valence-electron chi connectivity index (χ0n) is 14.5. The Balaban J connectivity index is 1.99. The second kappa shape index (κ2) is 12.8. The molecule has 130 valence electrons. The Hall–Kier alpha value is -1.71. The first-order valence-electron chi connectivity index (χ1n) is 8.68. The summed E-state index contributed by atoms with van der Waals surface area (Å²) in [5, 5.41) is 0. The third-order valence-corrected chi connectivity index (χ3v) is 3.71. The van der Waals surface area contributed by atoms with E-state index in [1.807, 2.05) is 24.3 Å². The maximum atomic E-state index is 11.5. The molecule has 0 radical (unpaired) electrons. The number of carbonyl (C=O) groups is 1. The Kier molecular flexibility index (Phi) is 10.8. The zero-order valence-corrected chi connectivity index (χ0v) is 14.5. The van der Waals surface area contributed by atoms with E-state index in [4.69, 9.17) is 14.2 Å². The minimum absolute atomic E-state index is 0.322. The molecule has 0 aliphatic rings. The van der Waals surface area contributed by atoms with Gasteiger partial charge in [0.05, 0.1) is 20.3 Å².